The van der Waals surface area contributed by atoms with Gasteiger partial charge >= 0.3 is 18.4 Å². The van der Waals surface area contributed by atoms with Crippen molar-refractivity contribution in [1.29, 1.82) is 0 Å². The molecule has 0 spiro atoms. The summed E-state index contributed by atoms with van der Waals surface area (Å²) >= 11 is 0. The third-order valence-corrected chi connectivity index (χ3v) is 5.86. The van der Waals surface area contributed by atoms with Crippen LogP contribution in [0, 0.1) is 5.82 Å². The zero-order valence-electron chi connectivity index (χ0n) is 18.9. The molecule has 11 heteroatoms. The molecule has 0 bridgehead atoms. The van der Waals surface area contributed by atoms with Crippen LogP contribution >= 0.6 is 0 Å². The van der Waals surface area contributed by atoms with Gasteiger partial charge in [0.1, 0.15) is 5.82 Å². The Kier molecular flexibility index (Phi) is 5.90. The van der Waals surface area contributed by atoms with Gasteiger partial charge < -0.3 is 10.1 Å². The number of hydrogen-bond donors (Lipinski definition) is 1. The molecule has 4 rings (SSSR count). The molecule has 0 unspecified atom stereocenters. The number of aromatic nitrogens is 1. The number of halogens is 7. The lowest BCUT2D eigenvalue weighted by molar-refractivity contribution is -0.143. The Morgan fingerprint density at radius 2 is 1.66 bits per heavy atom. The highest BCUT2D eigenvalue weighted by Gasteiger charge is 2.39. The van der Waals surface area contributed by atoms with Gasteiger partial charge in [0.2, 0.25) is 0 Å². The van der Waals surface area contributed by atoms with Gasteiger partial charge in [-0.05, 0) is 62.2 Å². The molecule has 2 aromatic carbocycles. The predicted molar refractivity (Wildman–Crippen MR) is 115 cm³/mol. The molecule has 1 atom stereocenters. The number of nitrogens with one attached hydrogen (secondary N) is 1. The largest absolute Gasteiger partial charge is 0.416 e. The zero-order chi connectivity index (χ0) is 25.9. The van der Waals surface area contributed by atoms with E-state index in [2.05, 4.69) is 5.32 Å². The topological polar surface area (TPSA) is 43.3 Å². The van der Waals surface area contributed by atoms with Crippen LogP contribution in [0.5, 0.6) is 0 Å². The summed E-state index contributed by atoms with van der Waals surface area (Å²) < 4.78 is 101. The first kappa shape index (κ1) is 25.0. The number of hydrogen-bond acceptors (Lipinski definition) is 2. The zero-order valence-corrected chi connectivity index (χ0v) is 18.9. The molecule has 35 heavy (non-hydrogen) atoms. The van der Waals surface area contributed by atoms with Gasteiger partial charge in [0.05, 0.1) is 34.0 Å². The normalized spacial score (nSPS) is 17.9. The minimum atomic E-state index is -5.07. The maximum atomic E-state index is 14.1. The number of fused-ring (bicyclic) bond motifs is 3. The Morgan fingerprint density at radius 1 is 1.06 bits per heavy atom. The van der Waals surface area contributed by atoms with E-state index in [1.54, 1.807) is 6.92 Å². The van der Waals surface area contributed by atoms with Gasteiger partial charge in [-0.15, -0.1) is 0 Å². The van der Waals surface area contributed by atoms with Crippen LogP contribution in [0.25, 0.3) is 10.9 Å². The van der Waals surface area contributed by atoms with Crippen LogP contribution in [0.3, 0.4) is 0 Å². The first-order valence-electron chi connectivity index (χ1n) is 10.7. The molecule has 1 aliphatic heterocycles. The summed E-state index contributed by atoms with van der Waals surface area (Å²) in [6.45, 7) is 5.48. The number of amides is 1. The van der Waals surface area contributed by atoms with Crippen molar-refractivity contribution in [3.63, 3.8) is 0 Å². The van der Waals surface area contributed by atoms with Crippen LogP contribution in [-0.2, 0) is 23.5 Å². The van der Waals surface area contributed by atoms with Crippen LogP contribution in [0.4, 0.5) is 41.2 Å². The van der Waals surface area contributed by atoms with Crippen molar-refractivity contribution in [3.8, 4) is 0 Å². The van der Waals surface area contributed by atoms with Crippen molar-refractivity contribution in [2.75, 3.05) is 5.32 Å². The lowest BCUT2D eigenvalue weighted by Crippen LogP contribution is -2.36. The Labute approximate surface area is 195 Å². The Bertz CT molecular complexity index is 1270. The number of rotatable bonds is 2. The molecule has 1 aromatic heterocycles. The van der Waals surface area contributed by atoms with E-state index < -0.39 is 52.7 Å². The van der Waals surface area contributed by atoms with Crippen LogP contribution in [0.2, 0.25) is 0 Å². The lowest BCUT2D eigenvalue weighted by atomic mass is 9.90. The van der Waals surface area contributed by atoms with E-state index in [1.165, 1.54) is 12.1 Å². The number of carbonyl (C=O) groups is 1. The molecule has 0 saturated carbocycles. The van der Waals surface area contributed by atoms with Gasteiger partial charge in [-0.2, -0.15) is 26.3 Å². The fourth-order valence-corrected chi connectivity index (χ4v) is 4.48. The summed E-state index contributed by atoms with van der Waals surface area (Å²) in [6, 6.07) is 3.57. The average molecular weight is 502 g/mol. The third-order valence-electron chi connectivity index (χ3n) is 5.86. The SMILES string of the molecule is CC[C@@H]1OC(C)(C)Cc2c1n(C(=O)Nc1cc(C(F)(F)F)cc(C(F)(F)F)c1)c1ccc(F)cc21. The Hall–Kier alpha value is -3.08. The van der Waals surface area contributed by atoms with E-state index in [4.69, 9.17) is 4.74 Å². The summed E-state index contributed by atoms with van der Waals surface area (Å²) in [5.74, 6) is -0.553. The van der Waals surface area contributed by atoms with Crippen molar-refractivity contribution in [1.82, 2.24) is 4.57 Å². The van der Waals surface area contributed by atoms with Crippen molar-refractivity contribution in [2.24, 2.45) is 0 Å². The molecular weight excluding hydrogens is 481 g/mol. The van der Waals surface area contributed by atoms with Crippen molar-refractivity contribution < 1.29 is 40.3 Å². The van der Waals surface area contributed by atoms with Crippen LogP contribution in [0.1, 0.15) is 55.7 Å². The van der Waals surface area contributed by atoms with Gasteiger partial charge in [0.25, 0.3) is 0 Å². The molecule has 0 aliphatic carbocycles. The number of alkyl halides is 6. The van der Waals surface area contributed by atoms with Gasteiger partial charge in [0.15, 0.2) is 0 Å². The highest BCUT2D eigenvalue weighted by Crippen LogP contribution is 2.43. The van der Waals surface area contributed by atoms with E-state index in [0.29, 0.717) is 41.6 Å². The van der Waals surface area contributed by atoms with Crippen LogP contribution < -0.4 is 5.32 Å². The van der Waals surface area contributed by atoms with Gasteiger partial charge in [-0.1, -0.05) is 6.92 Å². The second-order valence-corrected chi connectivity index (χ2v) is 9.04. The van der Waals surface area contributed by atoms with Gasteiger partial charge in [-0.3, -0.25) is 4.57 Å². The van der Waals surface area contributed by atoms with E-state index in [1.807, 2.05) is 13.8 Å². The third kappa shape index (κ3) is 4.73. The number of anilines is 1. The minimum absolute atomic E-state index is 0.0195. The van der Waals surface area contributed by atoms with E-state index in [-0.39, 0.29) is 11.6 Å². The Morgan fingerprint density at radius 3 is 2.20 bits per heavy atom. The number of benzene rings is 2. The van der Waals surface area contributed by atoms with E-state index in [9.17, 15) is 35.5 Å². The smallest absolute Gasteiger partial charge is 0.366 e. The molecule has 3 aromatic rings. The molecular formula is C24H21F7N2O2. The number of nitrogens with zero attached hydrogens (tertiary/aromatic N) is 1. The molecule has 1 aliphatic rings. The maximum absolute atomic E-state index is 14.1. The molecule has 188 valence electrons. The molecule has 2 heterocycles. The first-order chi connectivity index (χ1) is 16.1. The summed E-state index contributed by atoms with van der Waals surface area (Å²) in [5.41, 5.74) is -3.15. The Balaban J connectivity index is 1.87. The van der Waals surface area contributed by atoms with Crippen molar-refractivity contribution in [3.05, 3.63) is 64.6 Å². The molecule has 0 radical (unpaired) electrons. The predicted octanol–water partition coefficient (Wildman–Crippen LogP) is 7.70. The molecule has 0 saturated heterocycles. The minimum Gasteiger partial charge on any atom is -0.366 e. The molecule has 4 nitrogen and oxygen atoms in total. The lowest BCUT2D eigenvalue weighted by Gasteiger charge is -2.36. The number of ether oxygens (including phenoxy) is 1. The standard InChI is InChI=1S/C24H21F7N2O2/c1-4-19-20-17(11-22(2,3)35-19)16-10-14(25)5-6-18(16)33(20)21(34)32-15-8-12(23(26,27)28)7-13(9-15)24(29,30)31/h5-10,19H,4,11H2,1-3H3,(H,32,34)/t19-/m0/s1. The highest BCUT2D eigenvalue weighted by molar-refractivity contribution is 6.01. The average Bonchev–Trinajstić information content (AvgIpc) is 3.04. The van der Waals surface area contributed by atoms with Crippen molar-refractivity contribution in [2.45, 2.75) is 57.7 Å². The fourth-order valence-electron chi connectivity index (χ4n) is 4.48. The molecule has 0 fully saturated rings. The first-order valence-corrected chi connectivity index (χ1v) is 10.7. The second kappa shape index (κ2) is 8.25. The summed E-state index contributed by atoms with van der Waals surface area (Å²) in [5, 5.41) is 2.59. The van der Waals surface area contributed by atoms with Crippen LogP contribution in [0.15, 0.2) is 36.4 Å². The molecule has 1 amide bonds. The number of carbonyl (C=O) groups excluding carboxylic acids is 1. The molecule has 1 N–H and O–H groups in total. The highest BCUT2D eigenvalue weighted by atomic mass is 19.4. The summed E-state index contributed by atoms with van der Waals surface area (Å²) in [7, 11) is 0. The monoisotopic (exact) mass is 502 g/mol. The van der Waals surface area contributed by atoms with Crippen molar-refractivity contribution >= 4 is 22.6 Å². The summed E-state index contributed by atoms with van der Waals surface area (Å²) in [4.78, 5) is 13.3. The van der Waals surface area contributed by atoms with Crippen LogP contribution in [-0.4, -0.2) is 16.2 Å². The van der Waals surface area contributed by atoms with Gasteiger partial charge in [-0.25, -0.2) is 9.18 Å². The van der Waals surface area contributed by atoms with E-state index >= 15 is 0 Å². The fraction of sp³-hybridized carbons (Fsp3) is 0.375. The van der Waals surface area contributed by atoms with E-state index in [0.717, 1.165) is 10.6 Å². The quantitative estimate of drug-likeness (QED) is 0.365. The van der Waals surface area contributed by atoms with Gasteiger partial charge in [0, 0.05) is 17.5 Å². The maximum Gasteiger partial charge on any atom is 0.416 e. The second-order valence-electron chi connectivity index (χ2n) is 9.04. The summed E-state index contributed by atoms with van der Waals surface area (Å²) in [6.07, 6.45) is -10.00.